The predicted molar refractivity (Wildman–Crippen MR) is 48.1 cm³/mol. The Balaban J connectivity index is 3.95. The van der Waals surface area contributed by atoms with Crippen molar-refractivity contribution in [1.29, 1.82) is 0 Å². The van der Waals surface area contributed by atoms with Gasteiger partial charge in [0.15, 0.2) is 0 Å². The average Bonchev–Trinajstić information content (AvgIpc) is 1.84. The summed E-state index contributed by atoms with van der Waals surface area (Å²) in [6.07, 6.45) is 0.903. The van der Waals surface area contributed by atoms with Crippen molar-refractivity contribution in [3.63, 3.8) is 0 Å². The van der Waals surface area contributed by atoms with Crippen molar-refractivity contribution in [3.05, 3.63) is 0 Å². The maximum absolute atomic E-state index is 10.6. The molecule has 0 aliphatic heterocycles. The Morgan fingerprint density at radius 3 is 2.33 bits per heavy atom. The van der Waals surface area contributed by atoms with Gasteiger partial charge in [0.25, 0.3) is 0 Å². The second kappa shape index (κ2) is 4.79. The lowest BCUT2D eigenvalue weighted by molar-refractivity contribution is 0.116. The molecule has 0 aromatic carbocycles. The molecule has 4 nitrogen and oxygen atoms in total. The molecule has 0 aliphatic rings. The fraction of sp³-hybridized carbons (Fsp3) is 1.00. The molecule has 0 aromatic rings. The van der Waals surface area contributed by atoms with E-state index in [-0.39, 0.29) is 11.7 Å². The van der Waals surface area contributed by atoms with Crippen LogP contribution in [0.2, 0.25) is 0 Å². The standard InChI is InChI=1S/C7H17NO3S/c1-3-4-7(9)6(2)5-12(8,10)11/h6-7,9H,3-5H2,1-2H3,(H2,8,10,11). The molecule has 5 heteroatoms. The number of aliphatic hydroxyl groups excluding tert-OH is 1. The van der Waals surface area contributed by atoms with E-state index in [2.05, 4.69) is 0 Å². The molecule has 0 bridgehead atoms. The first-order valence-corrected chi connectivity index (χ1v) is 5.77. The zero-order valence-corrected chi connectivity index (χ0v) is 8.34. The second-order valence-electron chi connectivity index (χ2n) is 3.16. The van der Waals surface area contributed by atoms with Gasteiger partial charge in [-0.3, -0.25) is 0 Å². The smallest absolute Gasteiger partial charge is 0.209 e. The third kappa shape index (κ3) is 5.51. The first kappa shape index (κ1) is 11.9. The van der Waals surface area contributed by atoms with Crippen LogP contribution in [0.1, 0.15) is 26.7 Å². The minimum Gasteiger partial charge on any atom is -0.393 e. The summed E-state index contributed by atoms with van der Waals surface area (Å²) >= 11 is 0. The Morgan fingerprint density at radius 2 is 2.00 bits per heavy atom. The van der Waals surface area contributed by atoms with Crippen molar-refractivity contribution in [1.82, 2.24) is 0 Å². The van der Waals surface area contributed by atoms with Crippen molar-refractivity contribution >= 4 is 10.0 Å². The van der Waals surface area contributed by atoms with Crippen molar-refractivity contribution in [2.24, 2.45) is 11.1 Å². The summed E-state index contributed by atoms with van der Waals surface area (Å²) in [4.78, 5) is 0. The van der Waals surface area contributed by atoms with Crippen LogP contribution < -0.4 is 5.14 Å². The number of nitrogens with two attached hydrogens (primary N) is 1. The average molecular weight is 195 g/mol. The van der Waals surface area contributed by atoms with Gasteiger partial charge in [0.2, 0.25) is 10.0 Å². The quantitative estimate of drug-likeness (QED) is 0.651. The van der Waals surface area contributed by atoms with Gasteiger partial charge in [0.05, 0.1) is 11.9 Å². The van der Waals surface area contributed by atoms with Gasteiger partial charge in [-0.25, -0.2) is 13.6 Å². The van der Waals surface area contributed by atoms with Gasteiger partial charge in [-0.15, -0.1) is 0 Å². The van der Waals surface area contributed by atoms with E-state index in [0.717, 1.165) is 6.42 Å². The zero-order chi connectivity index (χ0) is 9.78. The fourth-order valence-electron chi connectivity index (χ4n) is 1.06. The molecule has 74 valence electrons. The molecule has 0 spiro atoms. The highest BCUT2D eigenvalue weighted by Crippen LogP contribution is 2.10. The van der Waals surface area contributed by atoms with Crippen molar-refractivity contribution in [3.8, 4) is 0 Å². The molecular formula is C7H17NO3S. The second-order valence-corrected chi connectivity index (χ2v) is 4.82. The van der Waals surface area contributed by atoms with E-state index in [1.165, 1.54) is 0 Å². The highest BCUT2D eigenvalue weighted by molar-refractivity contribution is 7.89. The lowest BCUT2D eigenvalue weighted by Gasteiger charge is -2.16. The predicted octanol–water partition coefficient (Wildman–Crippen LogP) is 0.0720. The Hall–Kier alpha value is -0.130. The van der Waals surface area contributed by atoms with E-state index < -0.39 is 16.1 Å². The van der Waals surface area contributed by atoms with Crippen LogP contribution in [-0.2, 0) is 10.0 Å². The normalized spacial score (nSPS) is 17.3. The van der Waals surface area contributed by atoms with Crippen molar-refractivity contribution in [2.45, 2.75) is 32.8 Å². The van der Waals surface area contributed by atoms with Gasteiger partial charge in [0, 0.05) is 0 Å². The zero-order valence-electron chi connectivity index (χ0n) is 7.53. The first-order chi connectivity index (χ1) is 5.37. The number of hydrogen-bond acceptors (Lipinski definition) is 3. The Bertz CT molecular complexity index is 213. The largest absolute Gasteiger partial charge is 0.393 e. The van der Waals surface area contributed by atoms with Crippen LogP contribution in [0.3, 0.4) is 0 Å². The van der Waals surface area contributed by atoms with Crippen LogP contribution in [0.25, 0.3) is 0 Å². The molecule has 12 heavy (non-hydrogen) atoms. The number of sulfonamides is 1. The summed E-state index contributed by atoms with van der Waals surface area (Å²) < 4.78 is 21.2. The Labute approximate surface area is 73.8 Å². The van der Waals surface area contributed by atoms with Gasteiger partial charge in [-0.05, 0) is 12.3 Å². The topological polar surface area (TPSA) is 80.4 Å². The Morgan fingerprint density at radius 1 is 1.50 bits per heavy atom. The monoisotopic (exact) mass is 195 g/mol. The third-order valence-corrected chi connectivity index (χ3v) is 2.73. The number of rotatable bonds is 5. The molecule has 0 aromatic heterocycles. The van der Waals surface area contributed by atoms with Crippen LogP contribution >= 0.6 is 0 Å². The molecule has 0 amide bonds. The third-order valence-electron chi connectivity index (χ3n) is 1.74. The van der Waals surface area contributed by atoms with E-state index in [1.807, 2.05) is 6.92 Å². The first-order valence-electron chi connectivity index (χ1n) is 4.05. The fourth-order valence-corrected chi connectivity index (χ4v) is 2.01. The van der Waals surface area contributed by atoms with Gasteiger partial charge >= 0.3 is 0 Å². The van der Waals surface area contributed by atoms with Crippen molar-refractivity contribution < 1.29 is 13.5 Å². The van der Waals surface area contributed by atoms with Gasteiger partial charge in [0.1, 0.15) is 0 Å². The summed E-state index contributed by atoms with van der Waals surface area (Å²) in [5, 5.41) is 14.2. The SMILES string of the molecule is CCCC(O)C(C)CS(N)(=O)=O. The van der Waals surface area contributed by atoms with E-state index in [4.69, 9.17) is 5.14 Å². The van der Waals surface area contributed by atoms with Crippen molar-refractivity contribution in [2.75, 3.05) is 5.75 Å². The molecular weight excluding hydrogens is 178 g/mol. The number of aliphatic hydroxyl groups is 1. The molecule has 0 radical (unpaired) electrons. The molecule has 0 saturated carbocycles. The molecule has 0 fully saturated rings. The number of primary sulfonamides is 1. The summed E-state index contributed by atoms with van der Waals surface area (Å²) in [6, 6.07) is 0. The van der Waals surface area contributed by atoms with Crippen LogP contribution in [0.5, 0.6) is 0 Å². The van der Waals surface area contributed by atoms with Crippen LogP contribution in [0.15, 0.2) is 0 Å². The highest BCUT2D eigenvalue weighted by atomic mass is 32.2. The summed E-state index contributed by atoms with van der Waals surface area (Å²) in [5.41, 5.74) is 0. The minimum absolute atomic E-state index is 0.145. The number of hydrogen-bond donors (Lipinski definition) is 2. The molecule has 3 N–H and O–H groups in total. The maximum Gasteiger partial charge on any atom is 0.209 e. The van der Waals surface area contributed by atoms with E-state index in [9.17, 15) is 13.5 Å². The molecule has 2 unspecified atom stereocenters. The lowest BCUT2D eigenvalue weighted by atomic mass is 10.0. The Kier molecular flexibility index (Phi) is 4.74. The maximum atomic E-state index is 10.6. The van der Waals surface area contributed by atoms with Gasteiger partial charge in [-0.2, -0.15) is 0 Å². The molecule has 2 atom stereocenters. The van der Waals surface area contributed by atoms with Gasteiger partial charge < -0.3 is 5.11 Å². The molecule has 0 aliphatic carbocycles. The molecule has 0 rings (SSSR count). The van der Waals surface area contributed by atoms with E-state index >= 15 is 0 Å². The van der Waals surface area contributed by atoms with E-state index in [0.29, 0.717) is 6.42 Å². The molecule has 0 saturated heterocycles. The minimum atomic E-state index is -3.45. The summed E-state index contributed by atoms with van der Waals surface area (Å²) in [7, 11) is -3.45. The van der Waals surface area contributed by atoms with Crippen LogP contribution in [-0.4, -0.2) is 25.4 Å². The van der Waals surface area contributed by atoms with Crippen LogP contribution in [0.4, 0.5) is 0 Å². The molecule has 0 heterocycles. The summed E-state index contributed by atoms with van der Waals surface area (Å²) in [5.74, 6) is -0.423. The summed E-state index contributed by atoms with van der Waals surface area (Å²) in [6.45, 7) is 3.62. The van der Waals surface area contributed by atoms with E-state index in [1.54, 1.807) is 6.92 Å². The highest BCUT2D eigenvalue weighted by Gasteiger charge is 2.18. The van der Waals surface area contributed by atoms with Gasteiger partial charge in [-0.1, -0.05) is 20.3 Å². The van der Waals surface area contributed by atoms with Crippen LogP contribution in [0, 0.1) is 5.92 Å². The lowest BCUT2D eigenvalue weighted by Crippen LogP contribution is -2.29.